The highest BCUT2D eigenvalue weighted by Crippen LogP contribution is 2.33. The van der Waals surface area contributed by atoms with Crippen LogP contribution in [-0.4, -0.2) is 25.8 Å². The molecule has 1 atom stereocenters. The van der Waals surface area contributed by atoms with Gasteiger partial charge in [-0.1, -0.05) is 35.0 Å². The second-order valence-electron chi connectivity index (χ2n) is 5.71. The third kappa shape index (κ3) is 3.15. The van der Waals surface area contributed by atoms with Gasteiger partial charge in [0, 0.05) is 18.1 Å². The van der Waals surface area contributed by atoms with Crippen molar-refractivity contribution in [2.24, 2.45) is 5.10 Å². The zero-order valence-electron chi connectivity index (χ0n) is 13.3. The Labute approximate surface area is 152 Å². The average Bonchev–Trinajstić information content (AvgIpc) is 3.29. The number of benzene rings is 1. The molecule has 0 radical (unpaired) electrons. The van der Waals surface area contributed by atoms with E-state index < -0.39 is 5.82 Å². The summed E-state index contributed by atoms with van der Waals surface area (Å²) in [7, 11) is 0. The summed E-state index contributed by atoms with van der Waals surface area (Å²) >= 11 is 5.74. The lowest BCUT2D eigenvalue weighted by Gasteiger charge is -2.21. The van der Waals surface area contributed by atoms with Gasteiger partial charge in [-0.15, -0.1) is 0 Å². The van der Waals surface area contributed by atoms with E-state index in [9.17, 15) is 8.78 Å². The number of aromatic nitrogens is 3. The molecule has 0 fully saturated rings. The Hall–Kier alpha value is -2.87. The van der Waals surface area contributed by atoms with Crippen molar-refractivity contribution in [3.8, 4) is 0 Å². The van der Waals surface area contributed by atoms with Crippen LogP contribution in [0.3, 0.4) is 0 Å². The van der Waals surface area contributed by atoms with Gasteiger partial charge < -0.3 is 4.52 Å². The largest absolute Gasteiger partial charge is 0.364 e. The van der Waals surface area contributed by atoms with Crippen LogP contribution in [0.25, 0.3) is 0 Å². The van der Waals surface area contributed by atoms with E-state index in [1.807, 2.05) is 0 Å². The summed E-state index contributed by atoms with van der Waals surface area (Å²) in [6.45, 7) is 0.225. The monoisotopic (exact) mass is 375 g/mol. The van der Waals surface area contributed by atoms with Gasteiger partial charge in [0.25, 0.3) is 0 Å². The third-order valence-corrected chi connectivity index (χ3v) is 4.31. The minimum atomic E-state index is -0.703. The van der Waals surface area contributed by atoms with E-state index in [1.54, 1.807) is 29.3 Å². The maximum atomic E-state index is 14.0. The number of halogens is 3. The van der Waals surface area contributed by atoms with E-state index >= 15 is 0 Å². The molecule has 0 saturated heterocycles. The Morgan fingerprint density at radius 2 is 2.04 bits per heavy atom. The van der Waals surface area contributed by atoms with Crippen molar-refractivity contribution in [1.82, 2.24) is 20.1 Å². The van der Waals surface area contributed by atoms with Gasteiger partial charge in [0.05, 0.1) is 18.8 Å². The van der Waals surface area contributed by atoms with E-state index in [1.165, 1.54) is 12.3 Å². The summed E-state index contributed by atoms with van der Waals surface area (Å²) in [5.41, 5.74) is 1.65. The van der Waals surface area contributed by atoms with Crippen LogP contribution in [-0.2, 0) is 6.54 Å². The van der Waals surface area contributed by atoms with Crippen LogP contribution in [0.2, 0.25) is 5.15 Å². The standard InChI is InChI=1S/C17H12ClF2N5O/c18-16-12(20)8-21-17(22-16)14-7-15(13-5-6-26-24-13)25(23-14)9-10-3-1-2-4-11(10)19/h1-6,8,15H,7,9H2. The van der Waals surface area contributed by atoms with Gasteiger partial charge in [0.2, 0.25) is 0 Å². The van der Waals surface area contributed by atoms with E-state index in [-0.39, 0.29) is 29.4 Å². The first-order valence-corrected chi connectivity index (χ1v) is 8.16. The van der Waals surface area contributed by atoms with Gasteiger partial charge in [-0.25, -0.2) is 18.7 Å². The summed E-state index contributed by atoms with van der Waals surface area (Å²) in [5, 5.41) is 9.87. The molecule has 3 aromatic rings. The molecule has 132 valence electrons. The minimum Gasteiger partial charge on any atom is -0.364 e. The minimum absolute atomic E-state index is 0.223. The molecule has 1 aliphatic rings. The van der Waals surface area contributed by atoms with Crippen LogP contribution in [0.5, 0.6) is 0 Å². The molecule has 0 N–H and O–H groups in total. The zero-order valence-corrected chi connectivity index (χ0v) is 14.1. The van der Waals surface area contributed by atoms with Crippen LogP contribution in [0.4, 0.5) is 8.78 Å². The normalized spacial score (nSPS) is 16.8. The smallest absolute Gasteiger partial charge is 0.178 e. The van der Waals surface area contributed by atoms with E-state index in [2.05, 4.69) is 20.2 Å². The molecule has 2 aromatic heterocycles. The predicted molar refractivity (Wildman–Crippen MR) is 89.3 cm³/mol. The Morgan fingerprint density at radius 1 is 1.19 bits per heavy atom. The quantitative estimate of drug-likeness (QED) is 0.650. The molecule has 1 aromatic carbocycles. The predicted octanol–water partition coefficient (Wildman–Crippen LogP) is 3.75. The van der Waals surface area contributed by atoms with Crippen LogP contribution < -0.4 is 0 Å². The number of hydrogen-bond donors (Lipinski definition) is 0. The maximum Gasteiger partial charge on any atom is 0.178 e. The SMILES string of the molecule is Fc1ccccc1CN1N=C(c2ncc(F)c(Cl)n2)CC1c1ccon1. The molecule has 0 saturated carbocycles. The van der Waals surface area contributed by atoms with Crippen LogP contribution in [0, 0.1) is 11.6 Å². The molecule has 0 amide bonds. The average molecular weight is 376 g/mol. The Balaban J connectivity index is 1.68. The lowest BCUT2D eigenvalue weighted by Crippen LogP contribution is -2.20. The zero-order chi connectivity index (χ0) is 18.1. The molecule has 9 heteroatoms. The lowest BCUT2D eigenvalue weighted by molar-refractivity contribution is 0.211. The first-order valence-electron chi connectivity index (χ1n) is 7.78. The molecular weight excluding hydrogens is 364 g/mol. The number of rotatable bonds is 4. The molecule has 4 rings (SSSR count). The Morgan fingerprint density at radius 3 is 2.77 bits per heavy atom. The second-order valence-corrected chi connectivity index (χ2v) is 6.07. The highest BCUT2D eigenvalue weighted by molar-refractivity contribution is 6.29. The summed E-state index contributed by atoms with van der Waals surface area (Å²) < 4.78 is 32.3. The van der Waals surface area contributed by atoms with Gasteiger partial charge >= 0.3 is 0 Å². The van der Waals surface area contributed by atoms with Crippen LogP contribution in [0.1, 0.15) is 29.5 Å². The van der Waals surface area contributed by atoms with Crippen molar-refractivity contribution in [1.29, 1.82) is 0 Å². The fourth-order valence-electron chi connectivity index (χ4n) is 2.77. The Kier molecular flexibility index (Phi) is 4.34. The van der Waals surface area contributed by atoms with Crippen molar-refractivity contribution in [3.63, 3.8) is 0 Å². The van der Waals surface area contributed by atoms with Crippen molar-refractivity contribution >= 4 is 17.3 Å². The molecular formula is C17H12ClF2N5O. The number of nitrogens with zero attached hydrogens (tertiary/aromatic N) is 5. The van der Waals surface area contributed by atoms with Gasteiger partial charge in [0.15, 0.2) is 16.8 Å². The van der Waals surface area contributed by atoms with Gasteiger partial charge in [0.1, 0.15) is 23.5 Å². The first kappa shape index (κ1) is 16.6. The van der Waals surface area contributed by atoms with Gasteiger partial charge in [-0.2, -0.15) is 5.10 Å². The summed E-state index contributed by atoms with van der Waals surface area (Å²) in [5.74, 6) is -0.803. The van der Waals surface area contributed by atoms with Crippen molar-refractivity contribution in [2.45, 2.75) is 19.0 Å². The molecule has 0 bridgehead atoms. The number of hydrogen-bond acceptors (Lipinski definition) is 6. The summed E-state index contributed by atoms with van der Waals surface area (Å²) in [6, 6.07) is 7.90. The topological polar surface area (TPSA) is 67.4 Å². The first-order chi connectivity index (χ1) is 12.6. The molecule has 3 heterocycles. The highest BCUT2D eigenvalue weighted by Gasteiger charge is 2.32. The molecule has 0 spiro atoms. The second kappa shape index (κ2) is 6.80. The highest BCUT2D eigenvalue weighted by atomic mass is 35.5. The molecule has 26 heavy (non-hydrogen) atoms. The van der Waals surface area contributed by atoms with Crippen molar-refractivity contribution in [2.75, 3.05) is 0 Å². The Bertz CT molecular complexity index is 964. The lowest BCUT2D eigenvalue weighted by atomic mass is 10.1. The van der Waals surface area contributed by atoms with Crippen LogP contribution >= 0.6 is 11.6 Å². The molecule has 0 aliphatic carbocycles. The van der Waals surface area contributed by atoms with E-state index in [0.717, 1.165) is 6.20 Å². The maximum absolute atomic E-state index is 14.0. The molecule has 1 aliphatic heterocycles. The number of hydrazone groups is 1. The summed E-state index contributed by atoms with van der Waals surface area (Å²) in [4.78, 5) is 7.88. The van der Waals surface area contributed by atoms with Crippen LogP contribution in [0.15, 0.2) is 52.4 Å². The van der Waals surface area contributed by atoms with E-state index in [4.69, 9.17) is 16.1 Å². The third-order valence-electron chi connectivity index (χ3n) is 4.04. The molecule has 6 nitrogen and oxygen atoms in total. The fourth-order valence-corrected chi connectivity index (χ4v) is 2.90. The van der Waals surface area contributed by atoms with Crippen molar-refractivity contribution in [3.05, 3.63) is 76.7 Å². The van der Waals surface area contributed by atoms with Gasteiger partial charge in [-0.05, 0) is 6.07 Å². The van der Waals surface area contributed by atoms with Crippen molar-refractivity contribution < 1.29 is 13.3 Å². The summed E-state index contributed by atoms with van der Waals surface area (Å²) in [6.07, 6.45) is 2.86. The van der Waals surface area contributed by atoms with E-state index in [0.29, 0.717) is 23.4 Å². The van der Waals surface area contributed by atoms with Gasteiger partial charge in [-0.3, -0.25) is 5.01 Å². The fraction of sp³-hybridized carbons (Fsp3) is 0.176. The molecule has 1 unspecified atom stereocenters.